The van der Waals surface area contributed by atoms with Gasteiger partial charge in [0.25, 0.3) is 0 Å². The SMILES string of the molecule is F[P-](F)(F)(F)(F)F.F[P-](F)(F)(F)(F)F.F[P-](F)(F)(F)(F)F.[Au+3]. The van der Waals surface area contributed by atoms with E-state index in [0.29, 0.717) is 0 Å². The molecule has 0 fully saturated rings. The van der Waals surface area contributed by atoms with Crippen molar-refractivity contribution in [1.82, 2.24) is 0 Å². The summed E-state index contributed by atoms with van der Waals surface area (Å²) in [6.45, 7) is 0. The van der Waals surface area contributed by atoms with Crippen molar-refractivity contribution in [3.63, 3.8) is 0 Å². The molecule has 0 saturated carbocycles. The Morgan fingerprint density at radius 1 is 0.227 bits per heavy atom. The molecule has 0 aliphatic rings. The molecule has 0 amide bonds. The zero-order valence-corrected chi connectivity index (χ0v) is 13.3. The van der Waals surface area contributed by atoms with Crippen LogP contribution in [-0.2, 0) is 22.4 Å². The second-order valence-corrected chi connectivity index (χ2v) is 8.62. The van der Waals surface area contributed by atoms with Crippen molar-refractivity contribution < 1.29 is 97.9 Å². The molecule has 0 bridgehead atoms. The van der Waals surface area contributed by atoms with Gasteiger partial charge in [-0.15, -0.1) is 0 Å². The summed E-state index contributed by atoms with van der Waals surface area (Å²) in [5, 5.41) is 0. The van der Waals surface area contributed by atoms with Gasteiger partial charge in [-0.05, 0) is 0 Å². The van der Waals surface area contributed by atoms with E-state index in [1.54, 1.807) is 0 Å². The number of hydrogen-bond donors (Lipinski definition) is 0. The third kappa shape index (κ3) is 13700. The van der Waals surface area contributed by atoms with Crippen LogP contribution in [0.5, 0.6) is 0 Å². The molecule has 0 heterocycles. The fraction of sp³-hybridized carbons (Fsp3) is 0. The molecule has 22 heteroatoms. The first-order valence-corrected chi connectivity index (χ1v) is 9.13. The molecule has 0 atom stereocenters. The van der Waals surface area contributed by atoms with E-state index in [9.17, 15) is 75.5 Å². The van der Waals surface area contributed by atoms with E-state index in [0.717, 1.165) is 0 Å². The zero-order chi connectivity index (χ0) is 19.2. The van der Waals surface area contributed by atoms with Crippen LogP contribution in [-0.4, -0.2) is 0 Å². The zero-order valence-electron chi connectivity index (χ0n) is 8.45. The predicted molar refractivity (Wildman–Crippen MR) is 40.7 cm³/mol. The second-order valence-electron chi connectivity index (χ2n) is 2.87. The molecule has 0 aromatic heterocycles. The van der Waals surface area contributed by atoms with E-state index in [1.807, 2.05) is 0 Å². The van der Waals surface area contributed by atoms with Crippen molar-refractivity contribution in [2.24, 2.45) is 0 Å². The Hall–Kier alpha value is 0.770. The largest absolute Gasteiger partial charge is 3.00 e. The van der Waals surface area contributed by atoms with Crippen LogP contribution < -0.4 is 0 Å². The normalized spacial score (nSPS) is 22.1. The average molecular weight is 632 g/mol. The Balaban J connectivity index is -0.000000108. The maximum Gasteiger partial charge on any atom is 3.00 e. The maximum atomic E-state index is 9.87. The Bertz CT molecular complexity index is 265. The fourth-order valence-electron chi connectivity index (χ4n) is 0. The Kier molecular flexibility index (Phi) is 6.24. The van der Waals surface area contributed by atoms with E-state index >= 15 is 0 Å². The van der Waals surface area contributed by atoms with Crippen LogP contribution in [0.15, 0.2) is 0 Å². The maximum absolute atomic E-state index is 10.7. The molecule has 0 aromatic carbocycles. The summed E-state index contributed by atoms with van der Waals surface area (Å²) in [4.78, 5) is 0. The van der Waals surface area contributed by atoms with Gasteiger partial charge in [-0.3, -0.25) is 0 Å². The monoisotopic (exact) mass is 632 g/mol. The standard InChI is InChI=1S/Au.3F6P/c;3*1-7(2,3,4,5)6/q+3;3*-1. The van der Waals surface area contributed by atoms with Gasteiger partial charge >= 0.3 is 121 Å². The van der Waals surface area contributed by atoms with Crippen molar-refractivity contribution in [2.45, 2.75) is 0 Å². The minimum absolute atomic E-state index is 0. The summed E-state index contributed by atoms with van der Waals surface area (Å²) in [6.07, 6.45) is 0. The van der Waals surface area contributed by atoms with Gasteiger partial charge in [0.2, 0.25) is 0 Å². The first-order chi connectivity index (χ1) is 7.35. The number of rotatable bonds is 0. The molecule has 152 valence electrons. The molecule has 22 heavy (non-hydrogen) atoms. The quantitative estimate of drug-likeness (QED) is 0.142. The summed E-state index contributed by atoms with van der Waals surface area (Å²) in [5.41, 5.74) is 0. The number of hydrogen-bond acceptors (Lipinski definition) is 0. The van der Waals surface area contributed by atoms with Crippen LogP contribution in [0.1, 0.15) is 0 Å². The smallest absolute Gasteiger partial charge is 3.00 e. The molecule has 0 nitrogen and oxygen atoms in total. The van der Waals surface area contributed by atoms with Crippen molar-refractivity contribution in [3.8, 4) is 0 Å². The molecular formula is AuF18P3. The third-order valence-electron chi connectivity index (χ3n) is 0. The van der Waals surface area contributed by atoms with E-state index in [1.165, 1.54) is 0 Å². The molecule has 0 aliphatic heterocycles. The Morgan fingerprint density at radius 3 is 0.227 bits per heavy atom. The van der Waals surface area contributed by atoms with Gasteiger partial charge in [0.1, 0.15) is 0 Å². The van der Waals surface area contributed by atoms with Crippen LogP contribution in [0.4, 0.5) is 75.5 Å². The van der Waals surface area contributed by atoms with Gasteiger partial charge in [-0.2, -0.15) is 0 Å². The van der Waals surface area contributed by atoms with Gasteiger partial charge < -0.3 is 0 Å². The molecule has 0 spiro atoms. The molecule has 0 N–H and O–H groups in total. The summed E-state index contributed by atoms with van der Waals surface area (Å²) in [7, 11) is -32.0. The van der Waals surface area contributed by atoms with Gasteiger partial charge in [0.15, 0.2) is 0 Å². The summed E-state index contributed by atoms with van der Waals surface area (Å²) in [6, 6.07) is 0. The van der Waals surface area contributed by atoms with Crippen LogP contribution in [0.25, 0.3) is 0 Å². The molecule has 0 saturated heterocycles. The summed E-state index contributed by atoms with van der Waals surface area (Å²) in [5.74, 6) is 0. The molecule has 0 rings (SSSR count). The molecule has 0 unspecified atom stereocenters. The van der Waals surface area contributed by atoms with Crippen LogP contribution in [0.3, 0.4) is 0 Å². The van der Waals surface area contributed by atoms with Gasteiger partial charge in [0, 0.05) is 0 Å². The van der Waals surface area contributed by atoms with E-state index in [2.05, 4.69) is 0 Å². The summed E-state index contributed by atoms with van der Waals surface area (Å²) >= 11 is 0. The van der Waals surface area contributed by atoms with Crippen molar-refractivity contribution in [3.05, 3.63) is 0 Å². The van der Waals surface area contributed by atoms with E-state index in [-0.39, 0.29) is 22.4 Å². The molecule has 0 aromatic rings. The molecular weight excluding hydrogens is 632 g/mol. The Morgan fingerprint density at radius 2 is 0.227 bits per heavy atom. The molecule has 0 aliphatic carbocycles. The van der Waals surface area contributed by atoms with Gasteiger partial charge in [-0.25, -0.2) is 0 Å². The Labute approximate surface area is 122 Å². The van der Waals surface area contributed by atoms with Crippen molar-refractivity contribution >= 4 is 23.4 Å². The van der Waals surface area contributed by atoms with E-state index < -0.39 is 23.4 Å². The average Bonchev–Trinajstić information content (AvgIpc) is 1.19. The number of halogens is 18. The second kappa shape index (κ2) is 4.48. The third-order valence-corrected chi connectivity index (χ3v) is 0. The fourth-order valence-corrected chi connectivity index (χ4v) is 0. The predicted octanol–water partition coefficient (Wildman–Crippen LogP) is 10.1. The van der Waals surface area contributed by atoms with Crippen LogP contribution in [0.2, 0.25) is 0 Å². The van der Waals surface area contributed by atoms with Crippen LogP contribution >= 0.6 is 23.4 Å². The minimum atomic E-state index is -10.7. The van der Waals surface area contributed by atoms with E-state index in [4.69, 9.17) is 0 Å². The molecule has 0 radical (unpaired) electrons. The van der Waals surface area contributed by atoms with Gasteiger partial charge in [-0.1, -0.05) is 0 Å². The summed E-state index contributed by atoms with van der Waals surface area (Å²) < 4.78 is 178. The first-order valence-electron chi connectivity index (χ1n) is 3.04. The topological polar surface area (TPSA) is 0 Å². The van der Waals surface area contributed by atoms with Gasteiger partial charge in [0.05, 0.1) is 0 Å². The first kappa shape index (κ1) is 30.6. The minimum Gasteiger partial charge on any atom is 3.00 e. The van der Waals surface area contributed by atoms with Crippen molar-refractivity contribution in [2.75, 3.05) is 0 Å². The van der Waals surface area contributed by atoms with Crippen LogP contribution in [0, 0.1) is 0 Å². The van der Waals surface area contributed by atoms with Crippen molar-refractivity contribution in [1.29, 1.82) is 0 Å².